The lowest BCUT2D eigenvalue weighted by molar-refractivity contribution is 0.0526. The molecular weight excluding hydrogens is 476 g/mol. The van der Waals surface area contributed by atoms with Crippen molar-refractivity contribution in [3.63, 3.8) is 0 Å². The third kappa shape index (κ3) is 4.62. The molecule has 0 fully saturated rings. The van der Waals surface area contributed by atoms with Crippen molar-refractivity contribution < 1.29 is 14.3 Å². The summed E-state index contributed by atoms with van der Waals surface area (Å²) in [5, 5.41) is 4.45. The number of esters is 1. The van der Waals surface area contributed by atoms with Crippen molar-refractivity contribution in [1.82, 2.24) is 4.98 Å². The van der Waals surface area contributed by atoms with Crippen molar-refractivity contribution in [2.75, 3.05) is 11.9 Å². The van der Waals surface area contributed by atoms with Gasteiger partial charge in [0.1, 0.15) is 5.00 Å². The number of benzene rings is 1. The lowest BCUT2D eigenvalue weighted by Gasteiger charge is -2.18. The molecular formula is C28H28N2O3S2. The van der Waals surface area contributed by atoms with E-state index in [9.17, 15) is 9.59 Å². The molecule has 0 unspecified atom stereocenters. The lowest BCUT2D eigenvalue weighted by atomic mass is 9.88. The van der Waals surface area contributed by atoms with E-state index in [-0.39, 0.29) is 11.9 Å². The maximum absolute atomic E-state index is 13.7. The summed E-state index contributed by atoms with van der Waals surface area (Å²) < 4.78 is 5.38. The number of aryl methyl sites for hydroxylation is 1. The Morgan fingerprint density at radius 3 is 2.74 bits per heavy atom. The van der Waals surface area contributed by atoms with Gasteiger partial charge >= 0.3 is 5.97 Å². The molecule has 3 aromatic heterocycles. The Balaban J connectivity index is 1.57. The molecule has 1 amide bonds. The quantitative estimate of drug-likeness (QED) is 0.283. The van der Waals surface area contributed by atoms with Crippen LogP contribution in [0.2, 0.25) is 0 Å². The summed E-state index contributed by atoms with van der Waals surface area (Å²) in [5.41, 5.74) is 3.66. The van der Waals surface area contributed by atoms with E-state index in [1.165, 1.54) is 21.1 Å². The summed E-state index contributed by atoms with van der Waals surface area (Å²) in [4.78, 5) is 34.9. The third-order valence-corrected chi connectivity index (χ3v) is 8.86. The van der Waals surface area contributed by atoms with Gasteiger partial charge in [0.25, 0.3) is 5.91 Å². The number of fused-ring (bicyclic) bond motifs is 2. The van der Waals surface area contributed by atoms with Crippen LogP contribution < -0.4 is 5.32 Å². The highest BCUT2D eigenvalue weighted by atomic mass is 32.1. The lowest BCUT2D eigenvalue weighted by Crippen LogP contribution is -2.17. The highest BCUT2D eigenvalue weighted by Crippen LogP contribution is 2.40. The van der Waals surface area contributed by atoms with E-state index in [2.05, 4.69) is 31.3 Å². The molecule has 0 radical (unpaired) electrons. The highest BCUT2D eigenvalue weighted by molar-refractivity contribution is 7.17. The van der Waals surface area contributed by atoms with Crippen LogP contribution in [0.25, 0.3) is 21.5 Å². The van der Waals surface area contributed by atoms with E-state index in [1.54, 1.807) is 18.3 Å². The fourth-order valence-electron chi connectivity index (χ4n) is 4.62. The van der Waals surface area contributed by atoms with Crippen LogP contribution in [0.5, 0.6) is 0 Å². The average molecular weight is 505 g/mol. The molecule has 3 heterocycles. The third-order valence-electron chi connectivity index (χ3n) is 6.44. The molecule has 1 aliphatic carbocycles. The number of amides is 1. The summed E-state index contributed by atoms with van der Waals surface area (Å²) in [6, 6.07) is 13.7. The number of carbonyl (C=O) groups is 2. The molecule has 0 aliphatic heterocycles. The normalized spacial score (nSPS) is 15.1. The van der Waals surface area contributed by atoms with Gasteiger partial charge in [-0.05, 0) is 68.4 Å². The van der Waals surface area contributed by atoms with Crippen LogP contribution in [0, 0.1) is 5.92 Å². The molecule has 1 atom stereocenters. The number of carbonyl (C=O) groups excluding carboxylic acids is 2. The Bertz CT molecular complexity index is 1420. The van der Waals surface area contributed by atoms with Gasteiger partial charge in [-0.3, -0.25) is 4.79 Å². The Hall–Kier alpha value is -3.03. The molecule has 5 rings (SSSR count). The number of para-hydroxylation sites is 1. The van der Waals surface area contributed by atoms with E-state index >= 15 is 0 Å². The van der Waals surface area contributed by atoms with Crippen LogP contribution in [0.3, 0.4) is 0 Å². The number of aromatic nitrogens is 1. The van der Waals surface area contributed by atoms with Crippen LogP contribution in [0.4, 0.5) is 5.00 Å². The highest BCUT2D eigenvalue weighted by Gasteiger charge is 2.29. The van der Waals surface area contributed by atoms with Crippen molar-refractivity contribution in [3.05, 3.63) is 68.9 Å². The number of thiophene rings is 2. The molecule has 7 heteroatoms. The molecule has 180 valence electrons. The van der Waals surface area contributed by atoms with Crippen molar-refractivity contribution >= 4 is 50.5 Å². The molecule has 35 heavy (non-hydrogen) atoms. The van der Waals surface area contributed by atoms with E-state index in [0.717, 1.165) is 52.7 Å². The molecule has 0 spiro atoms. The van der Waals surface area contributed by atoms with Crippen molar-refractivity contribution in [1.29, 1.82) is 0 Å². The zero-order valence-corrected chi connectivity index (χ0v) is 21.8. The second kappa shape index (κ2) is 9.91. The van der Waals surface area contributed by atoms with E-state index in [1.807, 2.05) is 30.3 Å². The van der Waals surface area contributed by atoms with Crippen molar-refractivity contribution in [2.45, 2.75) is 46.5 Å². The van der Waals surface area contributed by atoms with Gasteiger partial charge in [0.05, 0.1) is 33.8 Å². The summed E-state index contributed by atoms with van der Waals surface area (Å²) in [6.45, 7) is 6.46. The Morgan fingerprint density at radius 1 is 1.14 bits per heavy atom. The predicted molar refractivity (Wildman–Crippen MR) is 144 cm³/mol. The first-order valence-electron chi connectivity index (χ1n) is 12.1. The van der Waals surface area contributed by atoms with E-state index < -0.39 is 0 Å². The second-order valence-electron chi connectivity index (χ2n) is 8.92. The number of hydrogen-bond acceptors (Lipinski definition) is 6. The van der Waals surface area contributed by atoms with Gasteiger partial charge in [-0.15, -0.1) is 22.7 Å². The molecule has 5 nitrogen and oxygen atoms in total. The summed E-state index contributed by atoms with van der Waals surface area (Å²) in [5.74, 6) is -0.0413. The fourth-order valence-corrected chi connectivity index (χ4v) is 6.93. The molecule has 1 aliphatic rings. The number of ether oxygens (including phenoxy) is 1. The SMILES string of the molecule is CCOC(=O)c1c(NC(=O)c2cc(-c3ccc(CC)s3)nc3ccccc23)sc2c1CC[C@H](C)C2. The minimum atomic E-state index is -0.360. The zero-order valence-electron chi connectivity index (χ0n) is 20.1. The number of pyridine rings is 1. The number of anilines is 1. The van der Waals surface area contributed by atoms with E-state index in [4.69, 9.17) is 9.72 Å². The second-order valence-corrected chi connectivity index (χ2v) is 11.2. The van der Waals surface area contributed by atoms with Gasteiger partial charge in [0.2, 0.25) is 0 Å². The van der Waals surface area contributed by atoms with Gasteiger partial charge in [0.15, 0.2) is 0 Å². The largest absolute Gasteiger partial charge is 0.462 e. The van der Waals surface area contributed by atoms with Crippen LogP contribution in [0.1, 0.15) is 63.2 Å². The number of nitrogens with zero attached hydrogens (tertiary/aromatic N) is 1. The maximum Gasteiger partial charge on any atom is 0.341 e. The van der Waals surface area contributed by atoms with Gasteiger partial charge in [-0.2, -0.15) is 0 Å². The summed E-state index contributed by atoms with van der Waals surface area (Å²) in [7, 11) is 0. The number of nitrogens with one attached hydrogen (secondary N) is 1. The van der Waals surface area contributed by atoms with Crippen LogP contribution in [0.15, 0.2) is 42.5 Å². The topological polar surface area (TPSA) is 68.3 Å². The van der Waals surface area contributed by atoms with Crippen molar-refractivity contribution in [2.24, 2.45) is 5.92 Å². The molecule has 0 saturated carbocycles. The minimum Gasteiger partial charge on any atom is -0.462 e. The maximum atomic E-state index is 13.7. The monoisotopic (exact) mass is 504 g/mol. The number of hydrogen-bond donors (Lipinski definition) is 1. The van der Waals surface area contributed by atoms with Gasteiger partial charge in [-0.25, -0.2) is 9.78 Å². The Kier molecular flexibility index (Phi) is 6.71. The molecule has 4 aromatic rings. The standard InChI is InChI=1S/C28H28N2O3S2/c1-4-17-11-13-23(34-17)22-15-20(18-8-6-7-9-21(18)29-22)26(31)30-27-25(28(32)33-5-2)19-12-10-16(3)14-24(19)35-27/h6-9,11,13,15-16H,4-5,10,12,14H2,1-3H3,(H,30,31)/t16-/m0/s1. The van der Waals surface area contributed by atoms with Crippen LogP contribution in [-0.2, 0) is 24.0 Å². The first kappa shape index (κ1) is 23.7. The molecule has 0 bridgehead atoms. The molecule has 1 N–H and O–H groups in total. The predicted octanol–water partition coefficient (Wildman–Crippen LogP) is 7.14. The van der Waals surface area contributed by atoms with Crippen LogP contribution >= 0.6 is 22.7 Å². The van der Waals surface area contributed by atoms with Crippen molar-refractivity contribution in [3.8, 4) is 10.6 Å². The van der Waals surface area contributed by atoms with Gasteiger partial charge in [0, 0.05) is 15.1 Å². The Morgan fingerprint density at radius 2 is 1.97 bits per heavy atom. The van der Waals surface area contributed by atoms with Crippen LogP contribution in [-0.4, -0.2) is 23.5 Å². The Labute approximate surface area is 213 Å². The van der Waals surface area contributed by atoms with Gasteiger partial charge < -0.3 is 10.1 Å². The smallest absolute Gasteiger partial charge is 0.341 e. The number of rotatable bonds is 6. The summed E-state index contributed by atoms with van der Waals surface area (Å²) in [6.07, 6.45) is 3.74. The van der Waals surface area contributed by atoms with Gasteiger partial charge in [-0.1, -0.05) is 32.0 Å². The zero-order chi connectivity index (χ0) is 24.5. The fraction of sp³-hybridized carbons (Fsp3) is 0.321. The first-order valence-corrected chi connectivity index (χ1v) is 13.7. The average Bonchev–Trinajstić information content (AvgIpc) is 3.47. The molecule has 1 aromatic carbocycles. The minimum absolute atomic E-state index is 0.241. The first-order chi connectivity index (χ1) is 17.0. The summed E-state index contributed by atoms with van der Waals surface area (Å²) >= 11 is 3.20. The molecule has 0 saturated heterocycles. The van der Waals surface area contributed by atoms with E-state index in [0.29, 0.717) is 28.7 Å².